The van der Waals surface area contributed by atoms with Gasteiger partial charge in [-0.3, -0.25) is 0 Å². The Balaban J connectivity index is 1.81. The molecule has 5 heteroatoms. The van der Waals surface area contributed by atoms with Gasteiger partial charge in [0.15, 0.2) is 0 Å². The molecule has 128 valence electrons. The number of hydrogen-bond acceptors (Lipinski definition) is 3. The predicted molar refractivity (Wildman–Crippen MR) is 104 cm³/mol. The van der Waals surface area contributed by atoms with Crippen LogP contribution in [0.4, 0.5) is 23.0 Å². The number of nitrogen functional groups attached to an aromatic ring is 1. The van der Waals surface area contributed by atoms with Crippen molar-refractivity contribution in [2.75, 3.05) is 11.1 Å². The van der Waals surface area contributed by atoms with Gasteiger partial charge in [0.25, 0.3) is 0 Å². The second-order valence-corrected chi connectivity index (χ2v) is 6.06. The van der Waals surface area contributed by atoms with Gasteiger partial charge < -0.3 is 11.1 Å². The number of imidazole rings is 1. The second kappa shape index (κ2) is 7.21. The van der Waals surface area contributed by atoms with Crippen LogP contribution in [0.15, 0.2) is 65.9 Å². The SMILES string of the molecule is CC/C(=N\c1n(C)cc[n+]1C)c1ccc(Nc2ccc(N)cc2)cc1. The molecule has 3 N–H and O–H groups in total. The fraction of sp³-hybridized carbons (Fsp3) is 0.200. The monoisotopic (exact) mass is 334 g/mol. The Morgan fingerprint density at radius 2 is 1.68 bits per heavy atom. The highest BCUT2D eigenvalue weighted by molar-refractivity contribution is 6.01. The number of nitrogens with two attached hydrogens (primary N) is 1. The van der Waals surface area contributed by atoms with Gasteiger partial charge in [-0.05, 0) is 48.5 Å². The molecule has 3 aromatic rings. The van der Waals surface area contributed by atoms with Gasteiger partial charge in [0.1, 0.15) is 5.71 Å². The number of hydrogen-bond donors (Lipinski definition) is 2. The van der Waals surface area contributed by atoms with Crippen molar-refractivity contribution >= 4 is 28.7 Å². The van der Waals surface area contributed by atoms with E-state index in [1.807, 2.05) is 59.9 Å². The Labute approximate surface area is 148 Å². The summed E-state index contributed by atoms with van der Waals surface area (Å²) in [4.78, 5) is 4.84. The first kappa shape index (κ1) is 16.8. The quantitative estimate of drug-likeness (QED) is 0.424. The van der Waals surface area contributed by atoms with Gasteiger partial charge in [-0.2, -0.15) is 0 Å². The molecule has 0 unspecified atom stereocenters. The van der Waals surface area contributed by atoms with Gasteiger partial charge in [-0.15, -0.1) is 0 Å². The smallest absolute Gasteiger partial charge is 0.398 e. The fourth-order valence-corrected chi connectivity index (χ4v) is 2.69. The molecule has 0 aliphatic rings. The van der Waals surface area contributed by atoms with Crippen LogP contribution in [0.5, 0.6) is 0 Å². The highest BCUT2D eigenvalue weighted by atomic mass is 15.2. The molecular formula is C20H24N5+. The molecule has 0 saturated carbocycles. The minimum atomic E-state index is 0.763. The maximum absolute atomic E-state index is 5.72. The molecule has 0 amide bonds. The summed E-state index contributed by atoms with van der Waals surface area (Å²) >= 11 is 0. The number of aliphatic imine (C=N–C) groups is 1. The molecule has 2 aromatic carbocycles. The number of rotatable bonds is 5. The largest absolute Gasteiger partial charge is 0.399 e. The van der Waals surface area contributed by atoms with Crippen LogP contribution in [-0.4, -0.2) is 10.3 Å². The van der Waals surface area contributed by atoms with E-state index in [-0.39, 0.29) is 0 Å². The van der Waals surface area contributed by atoms with Gasteiger partial charge in [-0.1, -0.05) is 11.9 Å². The van der Waals surface area contributed by atoms with Crippen LogP contribution >= 0.6 is 0 Å². The van der Waals surface area contributed by atoms with Crippen LogP contribution in [0, 0.1) is 0 Å². The van der Waals surface area contributed by atoms with Crippen LogP contribution in [0.2, 0.25) is 0 Å². The second-order valence-electron chi connectivity index (χ2n) is 6.06. The van der Waals surface area contributed by atoms with Crippen LogP contribution in [0.3, 0.4) is 0 Å². The van der Waals surface area contributed by atoms with E-state index in [1.165, 1.54) is 0 Å². The Morgan fingerprint density at radius 3 is 2.20 bits per heavy atom. The normalized spacial score (nSPS) is 11.6. The van der Waals surface area contributed by atoms with Gasteiger partial charge >= 0.3 is 5.95 Å². The summed E-state index contributed by atoms with van der Waals surface area (Å²) in [6.07, 6.45) is 4.88. The molecule has 0 bridgehead atoms. The lowest BCUT2D eigenvalue weighted by Crippen LogP contribution is -2.26. The Hall–Kier alpha value is -3.08. The Bertz CT molecular complexity index is 854. The van der Waals surface area contributed by atoms with E-state index in [0.717, 1.165) is 40.7 Å². The van der Waals surface area contributed by atoms with Gasteiger partial charge in [0, 0.05) is 29.0 Å². The lowest BCUT2D eigenvalue weighted by Gasteiger charge is -2.08. The third-order valence-electron chi connectivity index (χ3n) is 4.13. The third-order valence-corrected chi connectivity index (χ3v) is 4.13. The van der Waals surface area contributed by atoms with Crippen molar-refractivity contribution in [2.24, 2.45) is 19.1 Å². The van der Waals surface area contributed by atoms with Crippen LogP contribution < -0.4 is 15.6 Å². The molecule has 0 atom stereocenters. The van der Waals surface area contributed by atoms with Gasteiger partial charge in [0.05, 0.1) is 26.5 Å². The average Bonchev–Trinajstić information content (AvgIpc) is 2.94. The lowest BCUT2D eigenvalue weighted by molar-refractivity contribution is -0.657. The molecule has 1 heterocycles. The van der Waals surface area contributed by atoms with Gasteiger partial charge in [0.2, 0.25) is 0 Å². The van der Waals surface area contributed by atoms with Crippen molar-refractivity contribution in [2.45, 2.75) is 13.3 Å². The summed E-state index contributed by atoms with van der Waals surface area (Å²) in [5.41, 5.74) is 10.7. The average molecular weight is 334 g/mol. The molecule has 3 rings (SSSR count). The zero-order valence-electron chi connectivity index (χ0n) is 14.9. The van der Waals surface area contributed by atoms with Crippen LogP contribution in [-0.2, 0) is 14.1 Å². The van der Waals surface area contributed by atoms with Crippen molar-refractivity contribution in [1.29, 1.82) is 0 Å². The van der Waals surface area contributed by atoms with E-state index in [1.54, 1.807) is 0 Å². The maximum atomic E-state index is 5.72. The fourth-order valence-electron chi connectivity index (χ4n) is 2.69. The highest BCUT2D eigenvalue weighted by Gasteiger charge is 2.13. The summed E-state index contributed by atoms with van der Waals surface area (Å²) in [6, 6.07) is 16.1. The first-order valence-corrected chi connectivity index (χ1v) is 8.38. The number of benzene rings is 2. The van der Waals surface area contributed by atoms with Crippen molar-refractivity contribution in [3.05, 3.63) is 66.5 Å². The predicted octanol–water partition coefficient (Wildman–Crippen LogP) is 3.71. The first-order valence-electron chi connectivity index (χ1n) is 8.38. The Kier molecular flexibility index (Phi) is 4.84. The van der Waals surface area contributed by atoms with E-state index < -0.39 is 0 Å². The lowest BCUT2D eigenvalue weighted by atomic mass is 10.1. The summed E-state index contributed by atoms with van der Waals surface area (Å²) in [6.45, 7) is 2.13. The van der Waals surface area contributed by atoms with Crippen LogP contribution in [0.1, 0.15) is 18.9 Å². The minimum Gasteiger partial charge on any atom is -0.399 e. The van der Waals surface area contributed by atoms with Crippen molar-refractivity contribution in [3.8, 4) is 0 Å². The third kappa shape index (κ3) is 3.88. The van der Waals surface area contributed by atoms with E-state index in [0.29, 0.717) is 0 Å². The number of anilines is 3. The van der Waals surface area contributed by atoms with Crippen molar-refractivity contribution in [1.82, 2.24) is 4.57 Å². The molecule has 1 aromatic heterocycles. The standard InChI is InChI=1S/C20H23N5/c1-4-19(23-20-24(2)13-14-25(20)3)15-5-9-17(10-6-15)22-18-11-7-16(21)8-12-18/h5-14H,4,21H2,1-3H3/p+1. The first-order chi connectivity index (χ1) is 12.1. The Morgan fingerprint density at radius 1 is 1.08 bits per heavy atom. The molecule has 0 spiro atoms. The van der Waals surface area contributed by atoms with Crippen LogP contribution in [0.25, 0.3) is 0 Å². The number of nitrogens with one attached hydrogen (secondary N) is 1. The molecule has 0 fully saturated rings. The maximum Gasteiger partial charge on any atom is 0.398 e. The van der Waals surface area contributed by atoms with Crippen molar-refractivity contribution < 1.29 is 4.57 Å². The summed E-state index contributed by atoms with van der Waals surface area (Å²) in [7, 11) is 4.01. The minimum absolute atomic E-state index is 0.763. The molecule has 0 aliphatic carbocycles. The number of aromatic nitrogens is 2. The topological polar surface area (TPSA) is 59.2 Å². The molecule has 0 radical (unpaired) electrons. The summed E-state index contributed by atoms with van der Waals surface area (Å²) in [5, 5.41) is 3.38. The molecule has 0 saturated heterocycles. The highest BCUT2D eigenvalue weighted by Crippen LogP contribution is 2.19. The molecular weight excluding hydrogens is 310 g/mol. The van der Waals surface area contributed by atoms with Crippen molar-refractivity contribution in [3.63, 3.8) is 0 Å². The van der Waals surface area contributed by atoms with E-state index in [2.05, 4.69) is 36.5 Å². The van der Waals surface area contributed by atoms with Gasteiger partial charge in [-0.25, -0.2) is 9.13 Å². The molecule has 5 nitrogen and oxygen atoms in total. The molecule has 0 aliphatic heterocycles. The molecule has 25 heavy (non-hydrogen) atoms. The summed E-state index contributed by atoms with van der Waals surface area (Å²) in [5.74, 6) is 0.931. The van der Waals surface area contributed by atoms with E-state index in [9.17, 15) is 0 Å². The zero-order valence-corrected chi connectivity index (χ0v) is 14.9. The number of nitrogens with zero attached hydrogens (tertiary/aromatic N) is 3. The summed E-state index contributed by atoms with van der Waals surface area (Å²) < 4.78 is 4.04. The number of aryl methyl sites for hydroxylation is 2. The zero-order chi connectivity index (χ0) is 17.8. The van der Waals surface area contributed by atoms with E-state index >= 15 is 0 Å². The van der Waals surface area contributed by atoms with E-state index in [4.69, 9.17) is 10.7 Å².